The number of hydrogen-bond donors (Lipinski definition) is 1. The fourth-order valence-electron chi connectivity index (χ4n) is 4.50. The third-order valence-corrected chi connectivity index (χ3v) is 6.87. The van der Waals surface area contributed by atoms with Crippen LogP contribution in [-0.2, 0) is 27.9 Å². The van der Waals surface area contributed by atoms with Gasteiger partial charge in [-0.1, -0.05) is 13.0 Å². The number of benzene rings is 1. The number of pyridine rings is 1. The molecule has 2 atom stereocenters. The van der Waals surface area contributed by atoms with Gasteiger partial charge in [-0.25, -0.2) is 4.98 Å². The summed E-state index contributed by atoms with van der Waals surface area (Å²) in [7, 11) is 3.47. The van der Waals surface area contributed by atoms with Gasteiger partial charge in [0.2, 0.25) is 0 Å². The molecule has 1 aliphatic rings. The minimum absolute atomic E-state index is 0.0151. The van der Waals surface area contributed by atoms with Crippen molar-refractivity contribution in [1.82, 2.24) is 19.4 Å². The number of methoxy groups -OCH3 is 1. The summed E-state index contributed by atoms with van der Waals surface area (Å²) in [6.45, 7) is 6.89. The van der Waals surface area contributed by atoms with Crippen LogP contribution < -0.4 is 10.9 Å². The van der Waals surface area contributed by atoms with Crippen LogP contribution in [0.3, 0.4) is 0 Å². The molecule has 1 saturated carbocycles. The maximum atomic E-state index is 12.3. The van der Waals surface area contributed by atoms with Crippen molar-refractivity contribution in [2.45, 2.75) is 71.2 Å². The van der Waals surface area contributed by atoms with Gasteiger partial charge in [0.1, 0.15) is 18.0 Å². The van der Waals surface area contributed by atoms with Crippen molar-refractivity contribution in [3.8, 4) is 11.4 Å². The molecule has 1 unspecified atom stereocenters. The van der Waals surface area contributed by atoms with E-state index in [4.69, 9.17) is 14.5 Å². The number of esters is 1. The number of nitrogens with zero attached hydrogens (tertiary/aromatic N) is 3. The first-order valence-electron chi connectivity index (χ1n) is 12.4. The van der Waals surface area contributed by atoms with Crippen LogP contribution in [0.1, 0.15) is 56.7 Å². The molecule has 1 aliphatic carbocycles. The number of imidazole rings is 1. The van der Waals surface area contributed by atoms with Crippen LogP contribution >= 0.6 is 0 Å². The van der Waals surface area contributed by atoms with Crippen molar-refractivity contribution in [2.75, 3.05) is 13.7 Å². The molecule has 0 bridgehead atoms. The third-order valence-electron chi connectivity index (χ3n) is 6.87. The second kappa shape index (κ2) is 10.7. The standard InChI is InChI=1S/C27H36N4O4/c1-6-21(16-34-5)31-24-11-10-19(14-28-18(3)27(33)35-22-8-7-9-22)13-23(24)29-25(31)20-12-17(2)26(32)30(4)15-20/h10-13,15,18,21-22,28H,6-9,14,16H2,1-5H3/t18-,21?/m0/s1. The van der Waals surface area contributed by atoms with Crippen molar-refractivity contribution in [1.29, 1.82) is 0 Å². The first-order valence-corrected chi connectivity index (χ1v) is 12.4. The lowest BCUT2D eigenvalue weighted by molar-refractivity contribution is -0.155. The van der Waals surface area contributed by atoms with E-state index in [-0.39, 0.29) is 29.7 Å². The van der Waals surface area contributed by atoms with Gasteiger partial charge in [-0.05, 0) is 63.3 Å². The summed E-state index contributed by atoms with van der Waals surface area (Å²) in [6, 6.07) is 7.82. The quantitative estimate of drug-likeness (QED) is 0.443. The molecule has 1 N–H and O–H groups in total. The lowest BCUT2D eigenvalue weighted by Gasteiger charge is -2.26. The van der Waals surface area contributed by atoms with Crippen LogP contribution in [0.15, 0.2) is 35.3 Å². The Kier molecular flexibility index (Phi) is 7.72. The predicted molar refractivity (Wildman–Crippen MR) is 136 cm³/mol. The van der Waals surface area contributed by atoms with Gasteiger partial charge < -0.3 is 23.9 Å². The molecular weight excluding hydrogens is 444 g/mol. The van der Waals surface area contributed by atoms with E-state index in [2.05, 4.69) is 35.0 Å². The summed E-state index contributed by atoms with van der Waals surface area (Å²) in [6.07, 6.45) is 5.88. The van der Waals surface area contributed by atoms with Crippen molar-refractivity contribution < 1.29 is 14.3 Å². The zero-order chi connectivity index (χ0) is 25.1. The molecule has 0 spiro atoms. The predicted octanol–water partition coefficient (Wildman–Crippen LogP) is 3.88. The molecule has 2 aromatic heterocycles. The van der Waals surface area contributed by atoms with Gasteiger partial charge in [0, 0.05) is 38.0 Å². The van der Waals surface area contributed by atoms with E-state index < -0.39 is 0 Å². The van der Waals surface area contributed by atoms with Gasteiger partial charge in [-0.3, -0.25) is 9.59 Å². The van der Waals surface area contributed by atoms with Crippen molar-refractivity contribution in [2.24, 2.45) is 7.05 Å². The number of aryl methyl sites for hydroxylation is 2. The van der Waals surface area contributed by atoms with Crippen LogP contribution in [0.2, 0.25) is 0 Å². The Hall–Kier alpha value is -2.97. The molecule has 8 nitrogen and oxygen atoms in total. The molecule has 4 rings (SSSR count). The molecule has 0 aliphatic heterocycles. The average molecular weight is 481 g/mol. The van der Waals surface area contributed by atoms with E-state index in [1.54, 1.807) is 18.7 Å². The zero-order valence-corrected chi connectivity index (χ0v) is 21.3. The Morgan fingerprint density at radius 1 is 1.29 bits per heavy atom. The first kappa shape index (κ1) is 25.1. The smallest absolute Gasteiger partial charge is 0.323 e. The summed E-state index contributed by atoms with van der Waals surface area (Å²) >= 11 is 0. The minimum Gasteiger partial charge on any atom is -0.461 e. The summed E-state index contributed by atoms with van der Waals surface area (Å²) in [5.74, 6) is 0.614. The molecule has 0 saturated heterocycles. The number of fused-ring (bicyclic) bond motifs is 1. The van der Waals surface area contributed by atoms with Crippen LogP contribution in [0.25, 0.3) is 22.4 Å². The summed E-state index contributed by atoms with van der Waals surface area (Å²) in [5, 5.41) is 3.28. The van der Waals surface area contributed by atoms with Gasteiger partial charge in [-0.15, -0.1) is 0 Å². The van der Waals surface area contributed by atoms with Gasteiger partial charge >= 0.3 is 5.97 Å². The molecule has 8 heteroatoms. The van der Waals surface area contributed by atoms with E-state index >= 15 is 0 Å². The Morgan fingerprint density at radius 3 is 2.69 bits per heavy atom. The van der Waals surface area contributed by atoms with E-state index in [1.165, 1.54) is 0 Å². The summed E-state index contributed by atoms with van der Waals surface area (Å²) in [4.78, 5) is 29.6. The lowest BCUT2D eigenvalue weighted by atomic mass is 9.96. The highest BCUT2D eigenvalue weighted by molar-refractivity contribution is 5.81. The molecule has 0 amide bonds. The van der Waals surface area contributed by atoms with E-state index in [0.717, 1.165) is 53.7 Å². The van der Waals surface area contributed by atoms with Gasteiger partial charge in [-0.2, -0.15) is 0 Å². The topological polar surface area (TPSA) is 87.4 Å². The Labute approximate surface area is 206 Å². The van der Waals surface area contributed by atoms with E-state index in [1.807, 2.05) is 26.1 Å². The maximum absolute atomic E-state index is 12.3. The molecule has 0 radical (unpaired) electrons. The van der Waals surface area contributed by atoms with Gasteiger partial charge in [0.15, 0.2) is 0 Å². The second-order valence-electron chi connectivity index (χ2n) is 9.57. The molecule has 1 aromatic carbocycles. The first-order chi connectivity index (χ1) is 16.8. The molecule has 35 heavy (non-hydrogen) atoms. The molecular formula is C27H36N4O4. The van der Waals surface area contributed by atoms with Crippen molar-refractivity contribution in [3.05, 3.63) is 51.9 Å². The maximum Gasteiger partial charge on any atom is 0.323 e. The fraction of sp³-hybridized carbons (Fsp3) is 0.519. The number of ether oxygens (including phenoxy) is 2. The number of aromatic nitrogens is 3. The number of nitrogens with one attached hydrogen (secondary N) is 1. The fourth-order valence-corrected chi connectivity index (χ4v) is 4.50. The third kappa shape index (κ3) is 5.33. The summed E-state index contributed by atoms with van der Waals surface area (Å²) in [5.41, 5.74) is 4.46. The Morgan fingerprint density at radius 2 is 2.06 bits per heavy atom. The average Bonchev–Trinajstić information content (AvgIpc) is 3.19. The van der Waals surface area contributed by atoms with Crippen LogP contribution in [0.4, 0.5) is 0 Å². The lowest BCUT2D eigenvalue weighted by Crippen LogP contribution is -2.38. The highest BCUT2D eigenvalue weighted by atomic mass is 16.5. The highest BCUT2D eigenvalue weighted by Crippen LogP contribution is 2.31. The summed E-state index contributed by atoms with van der Waals surface area (Å²) < 4.78 is 14.8. The second-order valence-corrected chi connectivity index (χ2v) is 9.57. The number of carbonyl (C=O) groups is 1. The van der Waals surface area contributed by atoms with Gasteiger partial charge in [0.25, 0.3) is 5.56 Å². The van der Waals surface area contributed by atoms with Crippen LogP contribution in [0, 0.1) is 6.92 Å². The SMILES string of the molecule is CCC(COC)n1c(-c2cc(C)c(=O)n(C)c2)nc2cc(CN[C@@H](C)C(=O)OC3CCC3)ccc21. The number of rotatable bonds is 10. The number of carbonyl (C=O) groups excluding carboxylic acids is 1. The minimum atomic E-state index is -0.376. The van der Waals surface area contributed by atoms with Gasteiger partial charge in [0.05, 0.1) is 23.7 Å². The van der Waals surface area contributed by atoms with Crippen molar-refractivity contribution >= 4 is 17.0 Å². The molecule has 188 valence electrons. The number of hydrogen-bond acceptors (Lipinski definition) is 6. The zero-order valence-electron chi connectivity index (χ0n) is 21.3. The Bertz CT molecular complexity index is 1230. The van der Waals surface area contributed by atoms with Crippen LogP contribution in [-0.4, -0.2) is 45.9 Å². The molecule has 2 heterocycles. The largest absolute Gasteiger partial charge is 0.461 e. The normalized spacial score (nSPS) is 15.7. The molecule has 1 fully saturated rings. The monoisotopic (exact) mass is 480 g/mol. The van der Waals surface area contributed by atoms with E-state index in [9.17, 15) is 9.59 Å². The van der Waals surface area contributed by atoms with Crippen molar-refractivity contribution in [3.63, 3.8) is 0 Å². The Balaban J connectivity index is 1.65. The molecule has 3 aromatic rings. The van der Waals surface area contributed by atoms with Crippen LogP contribution in [0.5, 0.6) is 0 Å². The highest BCUT2D eigenvalue weighted by Gasteiger charge is 2.25. The van der Waals surface area contributed by atoms with E-state index in [0.29, 0.717) is 18.7 Å².